The van der Waals surface area contributed by atoms with Gasteiger partial charge in [0, 0.05) is 6.54 Å². The summed E-state index contributed by atoms with van der Waals surface area (Å²) in [5, 5.41) is 7.68. The van der Waals surface area contributed by atoms with Gasteiger partial charge in [0.2, 0.25) is 17.7 Å². The van der Waals surface area contributed by atoms with E-state index in [4.69, 9.17) is 4.74 Å². The van der Waals surface area contributed by atoms with Gasteiger partial charge < -0.3 is 30.3 Å². The molecule has 0 aromatic carbocycles. The molecule has 1 heterocycles. The first-order valence-electron chi connectivity index (χ1n) is 11.2. The van der Waals surface area contributed by atoms with Gasteiger partial charge in [-0.2, -0.15) is 0 Å². The van der Waals surface area contributed by atoms with Crippen molar-refractivity contribution in [2.24, 2.45) is 5.92 Å². The average molecular weight is 471 g/mol. The zero-order valence-corrected chi connectivity index (χ0v) is 20.6. The Morgan fingerprint density at radius 3 is 2.24 bits per heavy atom. The molecule has 4 amide bonds. The molecule has 11 heteroatoms. The van der Waals surface area contributed by atoms with E-state index in [9.17, 15) is 24.0 Å². The van der Waals surface area contributed by atoms with Gasteiger partial charge in [0.15, 0.2) is 0 Å². The summed E-state index contributed by atoms with van der Waals surface area (Å²) in [5.74, 6) is -1.87. The van der Waals surface area contributed by atoms with Crippen molar-refractivity contribution in [1.82, 2.24) is 20.9 Å². The summed E-state index contributed by atoms with van der Waals surface area (Å²) in [6.45, 7) is 10.5. The fourth-order valence-corrected chi connectivity index (χ4v) is 3.42. The highest BCUT2D eigenvalue weighted by Gasteiger charge is 2.36. The molecule has 0 unspecified atom stereocenters. The molecular formula is C22H38N4O7. The number of ether oxygens (including phenoxy) is 2. The summed E-state index contributed by atoms with van der Waals surface area (Å²) in [7, 11) is 1.22. The average Bonchev–Trinajstić information content (AvgIpc) is 3.19. The number of hydrogen-bond donors (Lipinski definition) is 3. The molecule has 188 valence electrons. The Hall–Kier alpha value is -2.85. The lowest BCUT2D eigenvalue weighted by Gasteiger charge is -2.27. The third kappa shape index (κ3) is 9.67. The zero-order valence-electron chi connectivity index (χ0n) is 20.6. The van der Waals surface area contributed by atoms with Gasteiger partial charge in [-0.15, -0.1) is 0 Å². The number of carbonyl (C=O) groups is 5. The number of hydrogen-bond acceptors (Lipinski definition) is 7. The van der Waals surface area contributed by atoms with Crippen LogP contribution in [0.1, 0.15) is 60.8 Å². The molecule has 0 bridgehead atoms. The topological polar surface area (TPSA) is 143 Å². The maximum Gasteiger partial charge on any atom is 0.408 e. The number of likely N-dealkylation sites (tertiary alicyclic amines) is 1. The Morgan fingerprint density at radius 1 is 1.06 bits per heavy atom. The number of alkyl carbamates (subject to hydrolysis) is 1. The molecule has 0 saturated carbocycles. The first-order chi connectivity index (χ1) is 15.2. The Bertz CT molecular complexity index is 733. The van der Waals surface area contributed by atoms with Gasteiger partial charge >= 0.3 is 12.1 Å². The number of carbonyl (C=O) groups excluding carboxylic acids is 5. The highest BCUT2D eigenvalue weighted by atomic mass is 16.6. The molecule has 1 aliphatic rings. The summed E-state index contributed by atoms with van der Waals surface area (Å²) in [4.78, 5) is 63.1. The van der Waals surface area contributed by atoms with Crippen LogP contribution in [0.25, 0.3) is 0 Å². The Balaban J connectivity index is 2.77. The third-order valence-electron chi connectivity index (χ3n) is 4.91. The van der Waals surface area contributed by atoms with Crippen LogP contribution in [0, 0.1) is 5.92 Å². The number of amides is 4. The van der Waals surface area contributed by atoms with Gasteiger partial charge in [-0.25, -0.2) is 9.59 Å². The van der Waals surface area contributed by atoms with Crippen molar-refractivity contribution in [1.29, 1.82) is 0 Å². The van der Waals surface area contributed by atoms with Gasteiger partial charge in [-0.3, -0.25) is 14.4 Å². The van der Waals surface area contributed by atoms with E-state index in [0.717, 1.165) is 0 Å². The molecule has 0 aromatic heterocycles. The summed E-state index contributed by atoms with van der Waals surface area (Å²) in [5.41, 5.74) is -0.694. The van der Waals surface area contributed by atoms with E-state index >= 15 is 0 Å². The second-order valence-electron chi connectivity index (χ2n) is 9.54. The molecule has 3 atom stereocenters. The molecular weight excluding hydrogens is 432 g/mol. The van der Waals surface area contributed by atoms with Crippen LogP contribution in [0.2, 0.25) is 0 Å². The molecule has 3 N–H and O–H groups in total. The number of nitrogens with zero attached hydrogens (tertiary/aromatic N) is 1. The first kappa shape index (κ1) is 28.2. The van der Waals surface area contributed by atoms with Crippen molar-refractivity contribution in [2.75, 3.05) is 20.2 Å². The molecule has 0 spiro atoms. The fourth-order valence-electron chi connectivity index (χ4n) is 3.42. The molecule has 1 fully saturated rings. The molecule has 1 saturated heterocycles. The quantitative estimate of drug-likeness (QED) is 0.421. The van der Waals surface area contributed by atoms with Crippen LogP contribution in [0.15, 0.2) is 0 Å². The Kier molecular flexibility index (Phi) is 10.6. The van der Waals surface area contributed by atoms with E-state index in [-0.39, 0.29) is 12.5 Å². The maximum absolute atomic E-state index is 13.0. The van der Waals surface area contributed by atoms with Gasteiger partial charge in [-0.05, 0) is 52.9 Å². The van der Waals surface area contributed by atoms with Crippen LogP contribution >= 0.6 is 0 Å². The standard InChI is InChI=1S/C22H38N4O7/c1-13(2)11-15(18(28)24-14(3)20(30)32-7)25-19(29)16-9-8-10-26(16)17(27)12-23-21(31)33-22(4,5)6/h13-16H,8-12H2,1-7H3,(H,23,31)(H,24,28)(H,25,29)/t14-,15-,16-/m0/s1. The number of rotatable bonds is 9. The predicted octanol–water partition coefficient (Wildman–Crippen LogP) is 0.711. The summed E-state index contributed by atoms with van der Waals surface area (Å²) in [6, 6.07) is -2.49. The zero-order chi connectivity index (χ0) is 25.3. The molecule has 0 aliphatic carbocycles. The first-order valence-corrected chi connectivity index (χ1v) is 11.2. The minimum Gasteiger partial charge on any atom is -0.467 e. The lowest BCUT2D eigenvalue weighted by Crippen LogP contribution is -2.56. The highest BCUT2D eigenvalue weighted by Crippen LogP contribution is 2.18. The van der Waals surface area contributed by atoms with E-state index in [1.54, 1.807) is 20.8 Å². The molecule has 1 rings (SSSR count). The van der Waals surface area contributed by atoms with Gasteiger partial charge in [-0.1, -0.05) is 13.8 Å². The molecule has 0 aromatic rings. The van der Waals surface area contributed by atoms with Crippen LogP contribution in [-0.2, 0) is 28.7 Å². The lowest BCUT2D eigenvalue weighted by atomic mass is 10.0. The van der Waals surface area contributed by atoms with Gasteiger partial charge in [0.25, 0.3) is 0 Å². The summed E-state index contributed by atoms with van der Waals surface area (Å²) in [6.07, 6.45) is 0.700. The number of esters is 1. The Labute approximate surface area is 195 Å². The monoisotopic (exact) mass is 470 g/mol. The minimum absolute atomic E-state index is 0.0915. The van der Waals surface area contributed by atoms with Crippen molar-refractivity contribution in [3.05, 3.63) is 0 Å². The maximum atomic E-state index is 13.0. The summed E-state index contributed by atoms with van der Waals surface area (Å²) < 4.78 is 9.74. The largest absolute Gasteiger partial charge is 0.467 e. The smallest absolute Gasteiger partial charge is 0.408 e. The number of nitrogens with one attached hydrogen (secondary N) is 3. The van der Waals surface area contributed by atoms with Crippen LogP contribution < -0.4 is 16.0 Å². The number of methoxy groups -OCH3 is 1. The normalized spacial score (nSPS) is 17.7. The van der Waals surface area contributed by atoms with Crippen molar-refractivity contribution >= 4 is 29.8 Å². The van der Waals surface area contributed by atoms with E-state index < -0.39 is 53.5 Å². The highest BCUT2D eigenvalue weighted by molar-refractivity contribution is 5.94. The van der Waals surface area contributed by atoms with Crippen molar-refractivity contribution in [3.63, 3.8) is 0 Å². The second kappa shape index (κ2) is 12.4. The van der Waals surface area contributed by atoms with Crippen molar-refractivity contribution in [3.8, 4) is 0 Å². The molecule has 1 aliphatic heterocycles. The van der Waals surface area contributed by atoms with Gasteiger partial charge in [0.1, 0.15) is 30.3 Å². The van der Waals surface area contributed by atoms with Crippen molar-refractivity contribution in [2.45, 2.75) is 84.5 Å². The SMILES string of the molecule is COC(=O)[C@H](C)NC(=O)[C@H](CC(C)C)NC(=O)[C@@H]1CCCN1C(=O)CNC(=O)OC(C)(C)C. The fraction of sp³-hybridized carbons (Fsp3) is 0.773. The minimum atomic E-state index is -0.873. The lowest BCUT2D eigenvalue weighted by molar-refractivity contribution is -0.145. The van der Waals surface area contributed by atoms with Crippen LogP contribution in [0.5, 0.6) is 0 Å². The molecule has 33 heavy (non-hydrogen) atoms. The van der Waals surface area contributed by atoms with E-state index in [1.807, 2.05) is 13.8 Å². The van der Waals surface area contributed by atoms with E-state index in [0.29, 0.717) is 25.8 Å². The molecule has 0 radical (unpaired) electrons. The molecule has 11 nitrogen and oxygen atoms in total. The van der Waals surface area contributed by atoms with E-state index in [1.165, 1.54) is 18.9 Å². The second-order valence-corrected chi connectivity index (χ2v) is 9.54. The van der Waals surface area contributed by atoms with E-state index in [2.05, 4.69) is 20.7 Å². The van der Waals surface area contributed by atoms with Crippen LogP contribution in [0.4, 0.5) is 4.79 Å². The summed E-state index contributed by atoms with van der Waals surface area (Å²) >= 11 is 0. The van der Waals surface area contributed by atoms with Crippen LogP contribution in [-0.4, -0.2) is 78.6 Å². The predicted molar refractivity (Wildman–Crippen MR) is 120 cm³/mol. The Morgan fingerprint density at radius 2 is 1.70 bits per heavy atom. The van der Waals surface area contributed by atoms with Crippen molar-refractivity contribution < 1.29 is 33.4 Å². The third-order valence-corrected chi connectivity index (χ3v) is 4.91. The van der Waals surface area contributed by atoms with Gasteiger partial charge in [0.05, 0.1) is 7.11 Å². The van der Waals surface area contributed by atoms with Crippen LogP contribution in [0.3, 0.4) is 0 Å².